The van der Waals surface area contributed by atoms with E-state index >= 15 is 0 Å². The van der Waals surface area contributed by atoms with Crippen LogP contribution in [-0.2, 0) is 11.2 Å². The number of hydrogen-bond donors (Lipinski definition) is 1. The number of hydrogen-bond acceptors (Lipinski definition) is 4. The number of aliphatic hydroxyl groups excluding tert-OH is 1. The lowest BCUT2D eigenvalue weighted by Crippen LogP contribution is -2.46. The van der Waals surface area contributed by atoms with Gasteiger partial charge in [-0.05, 0) is 31.0 Å². The van der Waals surface area contributed by atoms with Gasteiger partial charge >= 0.3 is 0 Å². The number of rotatable bonds is 9. The molecule has 0 aliphatic carbocycles. The lowest BCUT2D eigenvalue weighted by molar-refractivity contribution is -0.128. The van der Waals surface area contributed by atoms with Crippen LogP contribution < -0.4 is 0 Å². The van der Waals surface area contributed by atoms with Gasteiger partial charge in [0.2, 0.25) is 0 Å². The summed E-state index contributed by atoms with van der Waals surface area (Å²) in [5.74, 6) is 0.0185. The first-order valence-electron chi connectivity index (χ1n) is 7.17. The normalized spacial score (nSPS) is 12.9. The molecule has 0 saturated carbocycles. The minimum atomic E-state index is -0.423. The number of aromatic nitrogens is 1. The maximum Gasteiger partial charge on any atom is 0.154 e. The Kier molecular flexibility index (Phi) is 7.41. The van der Waals surface area contributed by atoms with Crippen LogP contribution in [-0.4, -0.2) is 46.5 Å². The highest BCUT2D eigenvalue weighted by Gasteiger charge is 2.26. The lowest BCUT2D eigenvalue weighted by Gasteiger charge is -2.30. The molecule has 0 bridgehead atoms. The summed E-state index contributed by atoms with van der Waals surface area (Å²) in [7, 11) is 0. The van der Waals surface area contributed by atoms with E-state index in [2.05, 4.69) is 11.9 Å². The number of ketones is 1. The van der Waals surface area contributed by atoms with Gasteiger partial charge in [0.15, 0.2) is 5.78 Å². The molecule has 0 spiro atoms. The standard InChI is InChI=1S/C16H25N2O2/c1-4-9-18(15(12-19)16(20)13(2)3)10-7-14-6-5-8-17-11-14/h5-6,8,11,13,15,19H,1,4,7,9-10,12H2,2-3H3. The molecule has 111 valence electrons. The summed E-state index contributed by atoms with van der Waals surface area (Å²) in [6, 6.07) is 3.51. The minimum Gasteiger partial charge on any atom is -0.394 e. The van der Waals surface area contributed by atoms with E-state index < -0.39 is 6.04 Å². The van der Waals surface area contributed by atoms with Crippen molar-refractivity contribution in [2.24, 2.45) is 5.92 Å². The highest BCUT2D eigenvalue weighted by molar-refractivity contribution is 5.85. The van der Waals surface area contributed by atoms with Crippen LogP contribution in [0.5, 0.6) is 0 Å². The number of Topliss-reactive ketones (excluding diaryl/α,β-unsaturated/α-hetero) is 1. The topological polar surface area (TPSA) is 53.4 Å². The van der Waals surface area contributed by atoms with E-state index in [0.717, 1.165) is 24.9 Å². The molecule has 4 heteroatoms. The first kappa shape index (κ1) is 16.8. The Morgan fingerprint density at radius 1 is 1.45 bits per heavy atom. The fraction of sp³-hybridized carbons (Fsp3) is 0.562. The second-order valence-electron chi connectivity index (χ2n) is 5.26. The SMILES string of the molecule is [CH2]CCN(CCc1cccnc1)C(CO)C(=O)C(C)C. The van der Waals surface area contributed by atoms with Gasteiger partial charge in [0.25, 0.3) is 0 Å². The Morgan fingerprint density at radius 3 is 2.70 bits per heavy atom. The second-order valence-corrected chi connectivity index (χ2v) is 5.26. The molecule has 20 heavy (non-hydrogen) atoms. The summed E-state index contributed by atoms with van der Waals surface area (Å²) in [5, 5.41) is 9.54. The highest BCUT2D eigenvalue weighted by Crippen LogP contribution is 2.10. The van der Waals surface area contributed by atoms with Gasteiger partial charge in [-0.15, -0.1) is 0 Å². The van der Waals surface area contributed by atoms with Gasteiger partial charge in [-0.25, -0.2) is 0 Å². The van der Waals surface area contributed by atoms with E-state index in [1.54, 1.807) is 6.20 Å². The largest absolute Gasteiger partial charge is 0.394 e. The summed E-state index contributed by atoms with van der Waals surface area (Å²) in [6.07, 6.45) is 5.11. The molecule has 1 aromatic heterocycles. The van der Waals surface area contributed by atoms with Crippen LogP contribution in [0, 0.1) is 12.8 Å². The Hall–Kier alpha value is -1.26. The van der Waals surface area contributed by atoms with Crippen LogP contribution >= 0.6 is 0 Å². The molecule has 0 aromatic carbocycles. The summed E-state index contributed by atoms with van der Waals surface area (Å²) in [4.78, 5) is 18.3. The molecule has 1 atom stereocenters. The molecular weight excluding hydrogens is 252 g/mol. The molecule has 1 rings (SSSR count). The van der Waals surface area contributed by atoms with Crippen LogP contribution in [0.25, 0.3) is 0 Å². The second kappa shape index (κ2) is 8.82. The first-order valence-corrected chi connectivity index (χ1v) is 7.17. The van der Waals surface area contributed by atoms with Gasteiger partial charge in [0, 0.05) is 24.9 Å². The van der Waals surface area contributed by atoms with Gasteiger partial charge in [-0.3, -0.25) is 14.7 Å². The van der Waals surface area contributed by atoms with E-state index in [1.807, 2.05) is 37.1 Å². The smallest absolute Gasteiger partial charge is 0.154 e. The average molecular weight is 277 g/mol. The van der Waals surface area contributed by atoms with Crippen LogP contribution in [0.2, 0.25) is 0 Å². The molecule has 0 aliphatic heterocycles. The zero-order chi connectivity index (χ0) is 15.0. The quantitative estimate of drug-likeness (QED) is 0.747. The van der Waals surface area contributed by atoms with Gasteiger partial charge < -0.3 is 5.11 Å². The van der Waals surface area contributed by atoms with Crippen molar-refractivity contribution in [2.75, 3.05) is 19.7 Å². The fourth-order valence-electron chi connectivity index (χ4n) is 2.22. The van der Waals surface area contributed by atoms with Crippen molar-refractivity contribution in [3.05, 3.63) is 37.0 Å². The molecule has 1 N–H and O–H groups in total. The van der Waals surface area contributed by atoms with E-state index in [9.17, 15) is 9.90 Å². The minimum absolute atomic E-state index is 0.0714. The van der Waals surface area contributed by atoms with Gasteiger partial charge in [-0.2, -0.15) is 0 Å². The lowest BCUT2D eigenvalue weighted by atomic mass is 10.0. The molecule has 1 radical (unpaired) electrons. The van der Waals surface area contributed by atoms with Crippen molar-refractivity contribution in [1.29, 1.82) is 0 Å². The van der Waals surface area contributed by atoms with Crippen molar-refractivity contribution >= 4 is 5.78 Å². The number of carbonyl (C=O) groups excluding carboxylic acids is 1. The molecule has 1 unspecified atom stereocenters. The number of nitrogens with zero attached hydrogens (tertiary/aromatic N) is 2. The zero-order valence-corrected chi connectivity index (χ0v) is 12.5. The third-order valence-corrected chi connectivity index (χ3v) is 3.37. The molecule has 1 heterocycles. The highest BCUT2D eigenvalue weighted by atomic mass is 16.3. The Morgan fingerprint density at radius 2 is 2.20 bits per heavy atom. The maximum atomic E-state index is 12.2. The number of carbonyl (C=O) groups is 1. The summed E-state index contributed by atoms with van der Waals surface area (Å²) < 4.78 is 0. The Balaban J connectivity index is 2.69. The summed E-state index contributed by atoms with van der Waals surface area (Å²) in [5.41, 5.74) is 1.13. The van der Waals surface area contributed by atoms with E-state index in [1.165, 1.54) is 0 Å². The fourth-order valence-corrected chi connectivity index (χ4v) is 2.22. The van der Waals surface area contributed by atoms with Crippen LogP contribution in [0.1, 0.15) is 25.8 Å². The van der Waals surface area contributed by atoms with Gasteiger partial charge in [-0.1, -0.05) is 26.8 Å². The Bertz CT molecular complexity index is 393. The molecule has 0 fully saturated rings. The van der Waals surface area contributed by atoms with Crippen molar-refractivity contribution < 1.29 is 9.90 Å². The predicted octanol–water partition coefficient (Wildman–Crippen LogP) is 1.74. The predicted molar refractivity (Wildman–Crippen MR) is 80.2 cm³/mol. The third kappa shape index (κ3) is 5.02. The average Bonchev–Trinajstić information content (AvgIpc) is 2.46. The number of pyridine rings is 1. The van der Waals surface area contributed by atoms with E-state index in [4.69, 9.17) is 0 Å². The van der Waals surface area contributed by atoms with Gasteiger partial charge in [0.05, 0.1) is 12.6 Å². The van der Waals surface area contributed by atoms with Crippen LogP contribution in [0.4, 0.5) is 0 Å². The van der Waals surface area contributed by atoms with Crippen molar-refractivity contribution in [3.63, 3.8) is 0 Å². The summed E-state index contributed by atoms with van der Waals surface area (Å²) in [6.45, 7) is 8.90. The molecule has 0 aliphatic rings. The number of aliphatic hydroxyl groups is 1. The first-order chi connectivity index (χ1) is 9.60. The zero-order valence-electron chi connectivity index (χ0n) is 12.5. The van der Waals surface area contributed by atoms with Gasteiger partial charge in [0.1, 0.15) is 0 Å². The van der Waals surface area contributed by atoms with Crippen molar-refractivity contribution in [2.45, 2.75) is 32.7 Å². The molecule has 0 amide bonds. The van der Waals surface area contributed by atoms with Crippen molar-refractivity contribution in [1.82, 2.24) is 9.88 Å². The molecule has 0 saturated heterocycles. The Labute approximate surface area is 121 Å². The summed E-state index contributed by atoms with van der Waals surface area (Å²) >= 11 is 0. The van der Waals surface area contributed by atoms with E-state index in [-0.39, 0.29) is 18.3 Å². The van der Waals surface area contributed by atoms with Crippen molar-refractivity contribution in [3.8, 4) is 0 Å². The van der Waals surface area contributed by atoms with Crippen LogP contribution in [0.3, 0.4) is 0 Å². The van der Waals surface area contributed by atoms with E-state index in [0.29, 0.717) is 6.54 Å². The monoisotopic (exact) mass is 277 g/mol. The van der Waals surface area contributed by atoms with Crippen LogP contribution in [0.15, 0.2) is 24.5 Å². The molecular formula is C16H25N2O2. The third-order valence-electron chi connectivity index (χ3n) is 3.37. The molecule has 4 nitrogen and oxygen atoms in total. The molecule has 1 aromatic rings. The maximum absolute atomic E-state index is 12.2.